The van der Waals surface area contributed by atoms with Gasteiger partial charge in [-0.15, -0.1) is 0 Å². The minimum atomic E-state index is -0.0547. The zero-order valence-electron chi connectivity index (χ0n) is 51.3. The quantitative estimate of drug-likeness (QED) is 0.144. The standard InChI is InChI=1S/C84H64N6/c1-83(2,3)63-27-39-77-73(47-63)75-49-69(37-41-79(75)89(77)67-29-19-53(51-85)20-30-67)87(71-43-59-15-7-11-57-12-8-16-60(44-71)81(57)59)65-33-23-55(24-34-65)56-25-35-66(36-26-56)88(72-45-61-17-9-13-58-14-10-18-62(46-72)82(58)61)70-38-42-80-76(50-70)74-48-64(84(4,5)6)28-40-78(74)90(80)68-31-21-54(52-86)22-32-68/h7-13,15-50,81H,14H2,1-6H3. The Kier molecular flexibility index (Phi) is 12.5. The van der Waals surface area contributed by atoms with Crippen molar-refractivity contribution in [2.24, 2.45) is 5.92 Å². The lowest BCUT2D eigenvalue weighted by Gasteiger charge is -2.34. The maximum Gasteiger partial charge on any atom is 0.0991 e. The normalized spacial score (nSPS) is 15.0. The van der Waals surface area contributed by atoms with E-state index in [1.54, 1.807) is 0 Å². The SMILES string of the molecule is CC(C)(C)c1ccc2c(c1)c1cc(N(C3=CC4=CC=CC5=CC=CC(=C3)C54)c3ccc(-c4ccc(N(c5cc6c7c(cccc7c5)CC=C6)c5ccc6c(c5)c5cc(C(C)(C)C)ccc5n6-c5ccc(C#N)cc5)cc4)cc3)ccc1n2-c1ccc(C#N)cc1. The van der Waals surface area contributed by atoms with E-state index >= 15 is 0 Å². The van der Waals surface area contributed by atoms with Crippen LogP contribution in [0.2, 0.25) is 0 Å². The van der Waals surface area contributed by atoms with Crippen LogP contribution in [0.3, 0.4) is 0 Å². The fourth-order valence-electron chi connectivity index (χ4n) is 14.3. The Labute approximate surface area is 525 Å². The van der Waals surface area contributed by atoms with Crippen LogP contribution in [0.15, 0.2) is 277 Å². The van der Waals surface area contributed by atoms with Crippen LogP contribution in [0, 0.1) is 28.6 Å². The summed E-state index contributed by atoms with van der Waals surface area (Å²) >= 11 is 0. The molecule has 10 aromatic carbocycles. The van der Waals surface area contributed by atoms with Crippen molar-refractivity contribution < 1.29 is 0 Å². The first kappa shape index (κ1) is 54.2. The van der Waals surface area contributed by atoms with Gasteiger partial charge in [0.1, 0.15) is 0 Å². The Morgan fingerprint density at radius 3 is 1.47 bits per heavy atom. The lowest BCUT2D eigenvalue weighted by Crippen LogP contribution is -2.22. The average molecular weight is 1160 g/mol. The van der Waals surface area contributed by atoms with Gasteiger partial charge in [-0.2, -0.15) is 10.5 Å². The topological polar surface area (TPSA) is 63.9 Å². The molecule has 0 radical (unpaired) electrons. The van der Waals surface area contributed by atoms with Crippen LogP contribution in [-0.4, -0.2) is 9.13 Å². The molecule has 0 spiro atoms. The van der Waals surface area contributed by atoms with E-state index in [0.29, 0.717) is 11.1 Å². The second-order valence-corrected chi connectivity index (χ2v) is 26.5. The van der Waals surface area contributed by atoms with Crippen molar-refractivity contribution in [2.45, 2.75) is 58.8 Å². The van der Waals surface area contributed by atoms with Crippen LogP contribution in [0.5, 0.6) is 0 Å². The molecule has 4 aliphatic carbocycles. The molecule has 1 atom stereocenters. The molecule has 0 fully saturated rings. The van der Waals surface area contributed by atoms with Crippen molar-refractivity contribution in [3.05, 3.63) is 311 Å². The Morgan fingerprint density at radius 2 is 0.922 bits per heavy atom. The minimum Gasteiger partial charge on any atom is -0.310 e. The van der Waals surface area contributed by atoms with Crippen LogP contribution >= 0.6 is 0 Å². The molecular weight excluding hydrogens is 1090 g/mol. The summed E-state index contributed by atoms with van der Waals surface area (Å²) < 4.78 is 4.67. The molecule has 0 saturated heterocycles. The number of aromatic nitrogens is 2. The van der Waals surface area contributed by atoms with E-state index in [9.17, 15) is 10.5 Å². The fourth-order valence-corrected chi connectivity index (χ4v) is 14.3. The molecule has 0 bridgehead atoms. The molecular formula is C84H64N6. The van der Waals surface area contributed by atoms with Crippen molar-refractivity contribution in [3.63, 3.8) is 0 Å². The molecule has 6 nitrogen and oxygen atoms in total. The van der Waals surface area contributed by atoms with E-state index in [4.69, 9.17) is 0 Å². The molecule has 0 amide bonds. The Hall–Kier alpha value is -11.2. The first-order chi connectivity index (χ1) is 43.7. The van der Waals surface area contributed by atoms with Crippen LogP contribution < -0.4 is 9.80 Å². The van der Waals surface area contributed by atoms with Gasteiger partial charge in [0.2, 0.25) is 0 Å². The maximum atomic E-state index is 9.74. The molecule has 12 aromatic rings. The van der Waals surface area contributed by atoms with Gasteiger partial charge >= 0.3 is 0 Å². The molecule has 0 aliphatic heterocycles. The third-order valence-corrected chi connectivity index (χ3v) is 18.9. The second-order valence-electron chi connectivity index (χ2n) is 26.5. The van der Waals surface area contributed by atoms with Gasteiger partial charge in [0, 0.05) is 73.0 Å². The minimum absolute atomic E-state index is 0.0546. The van der Waals surface area contributed by atoms with Crippen molar-refractivity contribution in [2.75, 3.05) is 9.80 Å². The molecule has 4 aliphatic rings. The zero-order valence-corrected chi connectivity index (χ0v) is 51.3. The Morgan fingerprint density at radius 1 is 0.433 bits per heavy atom. The summed E-state index contributed by atoms with van der Waals surface area (Å²) in [5, 5.41) is 26.7. The smallest absolute Gasteiger partial charge is 0.0991 e. The van der Waals surface area contributed by atoms with Gasteiger partial charge < -0.3 is 18.9 Å². The number of hydrogen-bond acceptors (Lipinski definition) is 4. The number of nitrogens with zero attached hydrogens (tertiary/aromatic N) is 6. The summed E-state index contributed by atoms with van der Waals surface area (Å²) in [6, 6.07) is 77.7. The summed E-state index contributed by atoms with van der Waals surface area (Å²) in [5.74, 6) is 0.209. The zero-order chi connectivity index (χ0) is 61.2. The van der Waals surface area contributed by atoms with Crippen molar-refractivity contribution in [1.82, 2.24) is 9.13 Å². The molecule has 430 valence electrons. The monoisotopic (exact) mass is 1160 g/mol. The number of hydrogen-bond donors (Lipinski definition) is 0. The molecule has 1 unspecified atom stereocenters. The number of rotatable bonds is 9. The Bertz CT molecular complexity index is 5330. The van der Waals surface area contributed by atoms with E-state index in [2.05, 4.69) is 309 Å². The number of nitriles is 2. The summed E-state index contributed by atoms with van der Waals surface area (Å²) in [6.07, 6.45) is 23.6. The highest BCUT2D eigenvalue weighted by Crippen LogP contribution is 2.47. The van der Waals surface area contributed by atoms with Gasteiger partial charge in [-0.25, -0.2) is 0 Å². The number of anilines is 5. The largest absolute Gasteiger partial charge is 0.310 e. The molecule has 2 heterocycles. The predicted octanol–water partition coefficient (Wildman–Crippen LogP) is 21.6. The Balaban J connectivity index is 0.819. The van der Waals surface area contributed by atoms with Gasteiger partial charge in [0.15, 0.2) is 0 Å². The third kappa shape index (κ3) is 9.06. The summed E-state index contributed by atoms with van der Waals surface area (Å²) in [7, 11) is 0. The second kappa shape index (κ2) is 20.7. The highest BCUT2D eigenvalue weighted by molar-refractivity contribution is 6.12. The summed E-state index contributed by atoms with van der Waals surface area (Å²) in [5.41, 5.74) is 25.3. The highest BCUT2D eigenvalue weighted by atomic mass is 15.2. The average Bonchev–Trinajstić information content (AvgIpc) is 1.64. The lowest BCUT2D eigenvalue weighted by molar-refractivity contribution is 0.591. The first-order valence-corrected chi connectivity index (χ1v) is 31.2. The third-order valence-electron chi connectivity index (χ3n) is 18.9. The van der Waals surface area contributed by atoms with Crippen molar-refractivity contribution in [1.29, 1.82) is 10.5 Å². The van der Waals surface area contributed by atoms with Crippen LogP contribution in [0.25, 0.3) is 83.0 Å². The highest BCUT2D eigenvalue weighted by Gasteiger charge is 2.30. The molecule has 16 rings (SSSR count). The van der Waals surface area contributed by atoms with Crippen molar-refractivity contribution >= 4 is 88.9 Å². The van der Waals surface area contributed by atoms with Crippen LogP contribution in [-0.2, 0) is 17.3 Å². The van der Waals surface area contributed by atoms with Gasteiger partial charge in [-0.1, -0.05) is 145 Å². The van der Waals surface area contributed by atoms with E-state index in [-0.39, 0.29) is 16.7 Å². The summed E-state index contributed by atoms with van der Waals surface area (Å²) in [6.45, 7) is 13.7. The molecule has 0 saturated carbocycles. The first-order valence-electron chi connectivity index (χ1n) is 31.2. The molecule has 0 N–H and O–H groups in total. The van der Waals surface area contributed by atoms with Gasteiger partial charge in [0.05, 0.1) is 45.3 Å². The van der Waals surface area contributed by atoms with E-state index < -0.39 is 0 Å². The van der Waals surface area contributed by atoms with Gasteiger partial charge in [0.25, 0.3) is 0 Å². The number of allylic oxidation sites excluding steroid dienone is 12. The number of fused-ring (bicyclic) bond motifs is 6. The van der Waals surface area contributed by atoms with Gasteiger partial charge in [-0.05, 0) is 236 Å². The predicted molar refractivity (Wildman–Crippen MR) is 375 cm³/mol. The van der Waals surface area contributed by atoms with Crippen molar-refractivity contribution in [3.8, 4) is 34.6 Å². The molecule has 90 heavy (non-hydrogen) atoms. The van der Waals surface area contributed by atoms with Crippen LogP contribution in [0.4, 0.5) is 28.4 Å². The molecule has 6 heteroatoms. The lowest BCUT2D eigenvalue weighted by atomic mass is 9.75. The maximum absolute atomic E-state index is 9.74. The fraction of sp³-hybridized carbons (Fsp3) is 0.119. The van der Waals surface area contributed by atoms with E-state index in [0.717, 1.165) is 95.9 Å². The van der Waals surface area contributed by atoms with Crippen LogP contribution in [0.1, 0.15) is 74.9 Å². The van der Waals surface area contributed by atoms with Gasteiger partial charge in [-0.3, -0.25) is 0 Å². The number of benzene rings is 10. The summed E-state index contributed by atoms with van der Waals surface area (Å²) in [4.78, 5) is 4.85. The van der Waals surface area contributed by atoms with E-state index in [1.165, 1.54) is 60.5 Å². The van der Waals surface area contributed by atoms with E-state index in [1.807, 2.05) is 24.3 Å². The molecule has 2 aromatic heterocycles.